The minimum absolute atomic E-state index is 0.0450. The lowest BCUT2D eigenvalue weighted by molar-refractivity contribution is -0.274. The van der Waals surface area contributed by atoms with Crippen molar-refractivity contribution in [2.45, 2.75) is 82.0 Å². The maximum absolute atomic E-state index is 12.7. The van der Waals surface area contributed by atoms with E-state index in [0.29, 0.717) is 51.3 Å². The van der Waals surface area contributed by atoms with Gasteiger partial charge in [-0.05, 0) is 81.7 Å². The number of ether oxygens (including phenoxy) is 1. The summed E-state index contributed by atoms with van der Waals surface area (Å²) in [6.07, 6.45) is 1.56. The van der Waals surface area contributed by atoms with Crippen molar-refractivity contribution in [2.75, 3.05) is 5.32 Å². The van der Waals surface area contributed by atoms with Gasteiger partial charge >= 0.3 is 6.36 Å². The second-order valence-corrected chi connectivity index (χ2v) is 12.1. The Morgan fingerprint density at radius 1 is 0.977 bits per heavy atom. The number of nitrogens with one attached hydrogen (secondary N) is 2. The molecule has 2 fully saturated rings. The van der Waals surface area contributed by atoms with Crippen LogP contribution < -0.4 is 21.1 Å². The van der Waals surface area contributed by atoms with Crippen molar-refractivity contribution < 1.29 is 32.9 Å². The molecule has 6 N–H and O–H groups in total. The topological polar surface area (TPSA) is 148 Å². The lowest BCUT2D eigenvalue weighted by Gasteiger charge is -2.26. The van der Waals surface area contributed by atoms with E-state index >= 15 is 0 Å². The van der Waals surface area contributed by atoms with Gasteiger partial charge in [0.15, 0.2) is 5.13 Å². The first-order chi connectivity index (χ1) is 20.4. The highest BCUT2D eigenvalue weighted by atomic mass is 32.1. The molecular formula is C29H35F3N6O4S. The number of hydrogen-bond donors (Lipinski definition) is 5. The number of benzene rings is 2. The van der Waals surface area contributed by atoms with Crippen LogP contribution in [0.4, 0.5) is 24.3 Å². The lowest BCUT2D eigenvalue weighted by atomic mass is 9.93. The van der Waals surface area contributed by atoms with E-state index in [4.69, 9.17) is 10.8 Å². The summed E-state index contributed by atoms with van der Waals surface area (Å²) in [5.74, 6) is -0.0145. The quantitative estimate of drug-likeness (QED) is 0.207. The van der Waals surface area contributed by atoms with Crippen molar-refractivity contribution >= 4 is 49.6 Å². The Bertz CT molecular complexity index is 1550. The van der Waals surface area contributed by atoms with E-state index in [1.165, 1.54) is 29.5 Å². The van der Waals surface area contributed by atoms with Gasteiger partial charge in [0.05, 0.1) is 33.5 Å². The van der Waals surface area contributed by atoms with Gasteiger partial charge in [-0.25, -0.2) is 9.97 Å². The number of aromatic nitrogens is 3. The smallest absolute Gasteiger partial charge is 0.406 e. The molecule has 0 unspecified atom stereocenters. The number of imidazole rings is 1. The fraction of sp³-hybridized carbons (Fsp3) is 0.483. The Morgan fingerprint density at radius 3 is 2.30 bits per heavy atom. The van der Waals surface area contributed by atoms with E-state index in [1.54, 1.807) is 12.1 Å². The molecule has 2 aromatic carbocycles. The first kappa shape index (κ1) is 31.0. The number of halogens is 3. The summed E-state index contributed by atoms with van der Waals surface area (Å²) < 4.78 is 43.8. The van der Waals surface area contributed by atoms with Crippen molar-refractivity contribution in [3.05, 3.63) is 42.0 Å². The normalized spacial score (nSPS) is 22.6. The number of amides is 1. The minimum atomic E-state index is -4.76. The highest BCUT2D eigenvalue weighted by Gasteiger charge is 2.31. The number of aliphatic hydroxyl groups excluding tert-OH is 2. The SMILES string of the molecule is Cn1c(Nc2nc3ccc(OC(F)(F)F)cc3s2)nc2cc(C(=O)NC3CCC(O)CC3)ccc21.NC1CCC(O)CC1. The molecular weight excluding hydrogens is 585 g/mol. The third-order valence-corrected chi connectivity index (χ3v) is 8.66. The summed E-state index contributed by atoms with van der Waals surface area (Å²) in [5.41, 5.74) is 8.02. The van der Waals surface area contributed by atoms with E-state index in [2.05, 4.69) is 25.3 Å². The van der Waals surface area contributed by atoms with Gasteiger partial charge in [0, 0.05) is 30.8 Å². The van der Waals surface area contributed by atoms with Gasteiger partial charge in [0.2, 0.25) is 5.95 Å². The molecule has 1 amide bonds. The van der Waals surface area contributed by atoms with Crippen LogP contribution in [0.5, 0.6) is 5.75 Å². The van der Waals surface area contributed by atoms with Gasteiger partial charge in [0.25, 0.3) is 5.91 Å². The zero-order valence-electron chi connectivity index (χ0n) is 23.6. The molecule has 2 saturated carbocycles. The number of fused-ring (bicyclic) bond motifs is 2. The maximum atomic E-state index is 12.7. The van der Waals surface area contributed by atoms with Crippen LogP contribution in [0.3, 0.4) is 0 Å². The number of thiazole rings is 1. The number of nitrogens with two attached hydrogens (primary N) is 1. The Balaban J connectivity index is 0.000000400. The van der Waals surface area contributed by atoms with Crippen molar-refractivity contribution in [3.8, 4) is 5.75 Å². The highest BCUT2D eigenvalue weighted by molar-refractivity contribution is 7.22. The Morgan fingerprint density at radius 2 is 1.65 bits per heavy atom. The van der Waals surface area contributed by atoms with Crippen molar-refractivity contribution in [1.29, 1.82) is 0 Å². The predicted octanol–water partition coefficient (Wildman–Crippen LogP) is 5.11. The molecule has 2 aliphatic carbocycles. The Kier molecular flexibility index (Phi) is 9.39. The van der Waals surface area contributed by atoms with Gasteiger partial charge in [-0.1, -0.05) is 11.3 Å². The van der Waals surface area contributed by atoms with E-state index in [0.717, 1.165) is 44.0 Å². The maximum Gasteiger partial charge on any atom is 0.573 e. The monoisotopic (exact) mass is 620 g/mol. The molecule has 232 valence electrons. The molecule has 2 aliphatic rings. The Hall–Kier alpha value is -3.46. The number of alkyl halides is 3. The van der Waals surface area contributed by atoms with Gasteiger partial charge in [-0.3, -0.25) is 4.79 Å². The van der Waals surface area contributed by atoms with Crippen LogP contribution in [0.1, 0.15) is 61.7 Å². The Labute approximate surface area is 250 Å². The second-order valence-electron chi connectivity index (χ2n) is 11.1. The average molecular weight is 621 g/mol. The summed E-state index contributed by atoms with van der Waals surface area (Å²) in [7, 11) is 1.81. The molecule has 0 spiro atoms. The molecule has 0 atom stereocenters. The van der Waals surface area contributed by atoms with E-state index < -0.39 is 6.36 Å². The molecule has 0 radical (unpaired) electrons. The molecule has 14 heteroatoms. The van der Waals surface area contributed by atoms with Crippen LogP contribution in [0.25, 0.3) is 21.3 Å². The van der Waals surface area contributed by atoms with E-state index in [9.17, 15) is 23.1 Å². The summed E-state index contributed by atoms with van der Waals surface area (Å²) in [6, 6.07) is 9.64. The second kappa shape index (κ2) is 13.0. The minimum Gasteiger partial charge on any atom is -0.406 e. The molecule has 6 rings (SSSR count). The van der Waals surface area contributed by atoms with Crippen LogP contribution in [0.2, 0.25) is 0 Å². The lowest BCUT2D eigenvalue weighted by Crippen LogP contribution is -2.38. The average Bonchev–Trinajstić information content (AvgIpc) is 3.50. The van der Waals surface area contributed by atoms with Crippen LogP contribution >= 0.6 is 11.3 Å². The van der Waals surface area contributed by atoms with Gasteiger partial charge in [-0.2, -0.15) is 0 Å². The standard InChI is InChI=1S/C23H22F3N5O3S.C6H13NO/c1-31-18-9-2-12(20(33)27-13-3-5-14(32)6-4-13)10-17(18)28-21(31)30-22-29-16-8-7-15(11-19(16)35-22)34-23(24,25)26;7-5-1-3-6(8)4-2-5/h2,7-11,13-14,32H,3-6H2,1H3,(H,27,33)(H,28,29,30);5-6,8H,1-4,7H2. The number of carbonyl (C=O) groups excluding carboxylic acids is 1. The van der Waals surface area contributed by atoms with Crippen molar-refractivity contribution in [3.63, 3.8) is 0 Å². The number of hydrogen-bond acceptors (Lipinski definition) is 9. The van der Waals surface area contributed by atoms with Crippen molar-refractivity contribution in [2.24, 2.45) is 12.8 Å². The first-order valence-electron chi connectivity index (χ1n) is 14.3. The number of carbonyl (C=O) groups is 1. The molecule has 2 heterocycles. The molecule has 2 aromatic heterocycles. The molecule has 0 aliphatic heterocycles. The van der Waals surface area contributed by atoms with E-state index in [1.807, 2.05) is 17.7 Å². The van der Waals surface area contributed by atoms with Gasteiger partial charge < -0.3 is 35.9 Å². The van der Waals surface area contributed by atoms with Crippen molar-refractivity contribution in [1.82, 2.24) is 19.9 Å². The number of aryl methyl sites for hydroxylation is 1. The summed E-state index contributed by atoms with van der Waals surface area (Å²) in [4.78, 5) is 21.7. The molecule has 0 bridgehead atoms. The molecule has 10 nitrogen and oxygen atoms in total. The summed E-state index contributed by atoms with van der Waals surface area (Å²) >= 11 is 1.17. The first-order valence-corrected chi connectivity index (χ1v) is 15.1. The summed E-state index contributed by atoms with van der Waals surface area (Å²) in [5, 5.41) is 25.2. The molecule has 4 aromatic rings. The van der Waals surface area contributed by atoms with Gasteiger partial charge in [0.1, 0.15) is 5.75 Å². The number of rotatable bonds is 5. The predicted molar refractivity (Wildman–Crippen MR) is 158 cm³/mol. The van der Waals surface area contributed by atoms with Gasteiger partial charge in [-0.15, -0.1) is 13.2 Å². The van der Waals surface area contributed by atoms with Crippen LogP contribution in [0.15, 0.2) is 36.4 Å². The van der Waals surface area contributed by atoms with Crippen LogP contribution in [-0.2, 0) is 7.05 Å². The van der Waals surface area contributed by atoms with E-state index in [-0.39, 0.29) is 29.9 Å². The zero-order chi connectivity index (χ0) is 30.7. The van der Waals surface area contributed by atoms with Crippen LogP contribution in [-0.4, -0.2) is 61.3 Å². The third-order valence-electron chi connectivity index (χ3n) is 7.73. The zero-order valence-corrected chi connectivity index (χ0v) is 24.4. The largest absolute Gasteiger partial charge is 0.573 e. The molecule has 43 heavy (non-hydrogen) atoms. The summed E-state index contributed by atoms with van der Waals surface area (Å²) in [6.45, 7) is 0. The fourth-order valence-corrected chi connectivity index (χ4v) is 6.18. The fourth-order valence-electron chi connectivity index (χ4n) is 5.29. The number of aliphatic hydroxyl groups is 2. The molecule has 0 saturated heterocycles. The number of anilines is 2. The number of nitrogens with zero attached hydrogens (tertiary/aromatic N) is 3. The highest BCUT2D eigenvalue weighted by Crippen LogP contribution is 2.33. The van der Waals surface area contributed by atoms with Crippen LogP contribution in [0, 0.1) is 0 Å². The third kappa shape index (κ3) is 8.13.